The largest absolute Gasteiger partial charge is 0.503 e. The molecular weight excluding hydrogens is 512 g/mol. The number of pyridine rings is 1. The van der Waals surface area contributed by atoms with Crippen LogP contribution >= 0.6 is 11.6 Å². The summed E-state index contributed by atoms with van der Waals surface area (Å²) >= 11 is 6.28. The zero-order chi connectivity index (χ0) is 26.9. The van der Waals surface area contributed by atoms with Gasteiger partial charge in [0.1, 0.15) is 0 Å². The number of halogens is 1. The first kappa shape index (κ1) is 25.6. The predicted octanol–water partition coefficient (Wildman–Crippen LogP) is 6.01. The Bertz CT molecular complexity index is 1530. The van der Waals surface area contributed by atoms with Crippen molar-refractivity contribution in [1.82, 2.24) is 15.2 Å². The van der Waals surface area contributed by atoms with Crippen LogP contribution in [0, 0.1) is 5.92 Å². The number of rotatable bonds is 8. The summed E-state index contributed by atoms with van der Waals surface area (Å²) in [5.41, 5.74) is 5.97. The maximum Gasteiger partial charge on any atom is 0.176 e. The molecule has 7 nitrogen and oxygen atoms in total. The summed E-state index contributed by atoms with van der Waals surface area (Å²) in [5.74, 6) is 0.398. The molecule has 0 atom stereocenters. The molecule has 2 aliphatic rings. The van der Waals surface area contributed by atoms with Crippen LogP contribution in [0.3, 0.4) is 0 Å². The number of piperazine rings is 1. The summed E-state index contributed by atoms with van der Waals surface area (Å²) in [6.07, 6.45) is 3.54. The van der Waals surface area contributed by atoms with Gasteiger partial charge in [-0.25, -0.2) is 0 Å². The van der Waals surface area contributed by atoms with E-state index >= 15 is 0 Å². The third-order valence-corrected chi connectivity index (χ3v) is 7.79. The van der Waals surface area contributed by atoms with Gasteiger partial charge in [-0.2, -0.15) is 0 Å². The van der Waals surface area contributed by atoms with Crippen LogP contribution in [0.15, 0.2) is 60.8 Å². The lowest BCUT2D eigenvalue weighted by Crippen LogP contribution is -2.42. The molecule has 1 aliphatic heterocycles. The number of aromatic hydroxyl groups is 1. The molecule has 1 saturated carbocycles. The van der Waals surface area contributed by atoms with Crippen LogP contribution in [-0.4, -0.2) is 54.1 Å². The van der Waals surface area contributed by atoms with Crippen LogP contribution < -0.4 is 15.4 Å². The summed E-state index contributed by atoms with van der Waals surface area (Å²) in [4.78, 5) is 20.4. The number of methoxy groups -OCH3 is 1. The van der Waals surface area contributed by atoms with Crippen LogP contribution in [0.5, 0.6) is 11.5 Å². The maximum absolute atomic E-state index is 13.3. The highest BCUT2D eigenvalue weighted by Crippen LogP contribution is 2.41. The van der Waals surface area contributed by atoms with Gasteiger partial charge in [0.05, 0.1) is 28.9 Å². The quantitative estimate of drug-likeness (QED) is 0.235. The standard InChI is InChI=1S/C31H31ClN4O3/c1-39-28-16-22(15-26(32)31(28)38)21-6-9-27-24(14-21)29(25(17-34-27)30(37)20-4-5-20)35-23-7-2-19(3-8-23)18-36-12-10-33-11-13-36/h2-3,6-9,14-17,20,33,38H,4-5,10-13,18H2,1H3,(H,34,35). The Morgan fingerprint density at radius 2 is 1.87 bits per heavy atom. The van der Waals surface area contributed by atoms with Crippen LogP contribution in [0.1, 0.15) is 28.8 Å². The lowest BCUT2D eigenvalue weighted by atomic mass is 9.98. The van der Waals surface area contributed by atoms with Crippen molar-refractivity contribution in [1.29, 1.82) is 0 Å². The fourth-order valence-corrected chi connectivity index (χ4v) is 5.33. The van der Waals surface area contributed by atoms with Crippen molar-refractivity contribution < 1.29 is 14.6 Å². The van der Waals surface area contributed by atoms with Gasteiger partial charge in [0, 0.05) is 55.9 Å². The van der Waals surface area contributed by atoms with Crippen LogP contribution in [0.4, 0.5) is 11.4 Å². The van der Waals surface area contributed by atoms with E-state index in [0.29, 0.717) is 11.3 Å². The highest BCUT2D eigenvalue weighted by molar-refractivity contribution is 6.32. The predicted molar refractivity (Wildman–Crippen MR) is 155 cm³/mol. The van der Waals surface area contributed by atoms with Crippen LogP contribution in [-0.2, 0) is 6.54 Å². The average molecular weight is 543 g/mol. The van der Waals surface area contributed by atoms with Gasteiger partial charge in [-0.3, -0.25) is 14.7 Å². The number of nitrogens with zero attached hydrogens (tertiary/aromatic N) is 2. The molecule has 39 heavy (non-hydrogen) atoms. The number of phenolic OH excluding ortho intramolecular Hbond substituents is 1. The van der Waals surface area contributed by atoms with Gasteiger partial charge < -0.3 is 20.5 Å². The number of nitrogens with one attached hydrogen (secondary N) is 2. The molecule has 0 spiro atoms. The molecule has 200 valence electrons. The lowest BCUT2D eigenvalue weighted by Gasteiger charge is -2.27. The summed E-state index contributed by atoms with van der Waals surface area (Å²) in [6.45, 7) is 5.08. The van der Waals surface area contributed by atoms with Crippen molar-refractivity contribution in [2.75, 3.05) is 38.6 Å². The number of Topliss-reactive ketones (excluding diaryl/α,β-unsaturated/α-hetero) is 1. The van der Waals surface area contributed by atoms with E-state index in [2.05, 4.69) is 44.8 Å². The summed E-state index contributed by atoms with van der Waals surface area (Å²) in [5, 5.41) is 18.2. The van der Waals surface area contributed by atoms with E-state index in [1.54, 1.807) is 18.3 Å². The third-order valence-electron chi connectivity index (χ3n) is 7.50. The molecule has 6 rings (SSSR count). The van der Waals surface area contributed by atoms with E-state index in [-0.39, 0.29) is 22.5 Å². The van der Waals surface area contributed by atoms with Crippen molar-refractivity contribution in [2.45, 2.75) is 19.4 Å². The lowest BCUT2D eigenvalue weighted by molar-refractivity contribution is 0.0968. The fourth-order valence-electron chi connectivity index (χ4n) is 5.12. The number of benzene rings is 3. The highest BCUT2D eigenvalue weighted by Gasteiger charge is 2.32. The first-order valence-corrected chi connectivity index (χ1v) is 13.7. The number of anilines is 2. The van der Waals surface area contributed by atoms with E-state index in [0.717, 1.165) is 79.0 Å². The Morgan fingerprint density at radius 1 is 1.10 bits per heavy atom. The molecule has 1 saturated heterocycles. The minimum atomic E-state index is -0.0922. The van der Waals surface area contributed by atoms with Gasteiger partial charge in [0.15, 0.2) is 17.3 Å². The summed E-state index contributed by atoms with van der Waals surface area (Å²) in [6, 6.07) is 17.8. The number of fused-ring (bicyclic) bond motifs is 1. The van der Waals surface area contributed by atoms with E-state index in [1.165, 1.54) is 12.7 Å². The van der Waals surface area contributed by atoms with Gasteiger partial charge >= 0.3 is 0 Å². The van der Waals surface area contributed by atoms with Crippen molar-refractivity contribution >= 4 is 39.7 Å². The summed E-state index contributed by atoms with van der Waals surface area (Å²) < 4.78 is 5.31. The number of ketones is 1. The molecule has 4 aromatic rings. The smallest absolute Gasteiger partial charge is 0.176 e. The number of aromatic nitrogens is 1. The maximum atomic E-state index is 13.3. The molecule has 3 N–H and O–H groups in total. The van der Waals surface area contributed by atoms with E-state index in [9.17, 15) is 9.90 Å². The second-order valence-corrected chi connectivity index (χ2v) is 10.7. The highest BCUT2D eigenvalue weighted by atomic mass is 35.5. The molecule has 0 amide bonds. The summed E-state index contributed by atoms with van der Waals surface area (Å²) in [7, 11) is 1.49. The number of carbonyl (C=O) groups is 1. The fraction of sp³-hybridized carbons (Fsp3) is 0.290. The molecular formula is C31H31ClN4O3. The van der Waals surface area contributed by atoms with Crippen molar-refractivity contribution in [3.8, 4) is 22.6 Å². The minimum Gasteiger partial charge on any atom is -0.503 e. The first-order valence-electron chi connectivity index (χ1n) is 13.3. The zero-order valence-electron chi connectivity index (χ0n) is 21.8. The molecule has 8 heteroatoms. The van der Waals surface area contributed by atoms with Crippen molar-refractivity contribution in [3.63, 3.8) is 0 Å². The van der Waals surface area contributed by atoms with E-state index < -0.39 is 0 Å². The Kier molecular flexibility index (Phi) is 7.12. The molecule has 2 heterocycles. The minimum absolute atomic E-state index is 0.0644. The number of phenols is 1. The van der Waals surface area contributed by atoms with Gasteiger partial charge in [0.2, 0.25) is 0 Å². The second kappa shape index (κ2) is 10.8. The molecule has 3 aromatic carbocycles. The van der Waals surface area contributed by atoms with E-state index in [1.807, 2.05) is 18.2 Å². The van der Waals surface area contributed by atoms with Crippen LogP contribution in [0.2, 0.25) is 5.02 Å². The van der Waals surface area contributed by atoms with Crippen molar-refractivity contribution in [3.05, 3.63) is 76.9 Å². The normalized spacial score (nSPS) is 15.8. The van der Waals surface area contributed by atoms with Crippen molar-refractivity contribution in [2.24, 2.45) is 5.92 Å². The number of hydrogen-bond donors (Lipinski definition) is 3. The molecule has 0 radical (unpaired) electrons. The van der Waals surface area contributed by atoms with Crippen LogP contribution in [0.25, 0.3) is 22.0 Å². The average Bonchev–Trinajstić information content (AvgIpc) is 3.81. The first-order chi connectivity index (χ1) is 19.0. The number of ether oxygens (including phenoxy) is 1. The molecule has 0 bridgehead atoms. The van der Waals surface area contributed by atoms with Gasteiger partial charge in [-0.15, -0.1) is 0 Å². The zero-order valence-corrected chi connectivity index (χ0v) is 22.6. The monoisotopic (exact) mass is 542 g/mol. The Balaban J connectivity index is 1.38. The Hall–Kier alpha value is -3.65. The number of carbonyl (C=O) groups excluding carboxylic acids is 1. The molecule has 2 fully saturated rings. The van der Waals surface area contributed by atoms with Gasteiger partial charge in [0.25, 0.3) is 0 Å². The second-order valence-electron chi connectivity index (χ2n) is 10.3. The third kappa shape index (κ3) is 5.43. The molecule has 1 aliphatic carbocycles. The Morgan fingerprint density at radius 3 is 2.59 bits per heavy atom. The SMILES string of the molecule is COc1cc(-c2ccc3ncc(C(=O)C4CC4)c(Nc4ccc(CN5CCNCC5)cc4)c3c2)cc(Cl)c1O. The Labute approximate surface area is 232 Å². The number of hydrogen-bond acceptors (Lipinski definition) is 7. The molecule has 1 aromatic heterocycles. The van der Waals surface area contributed by atoms with Gasteiger partial charge in [-0.05, 0) is 65.9 Å². The molecule has 0 unspecified atom stereocenters. The topological polar surface area (TPSA) is 86.7 Å². The van der Waals surface area contributed by atoms with Gasteiger partial charge in [-0.1, -0.05) is 29.8 Å². The van der Waals surface area contributed by atoms with E-state index in [4.69, 9.17) is 16.3 Å².